The molecule has 0 unspecified atom stereocenters. The Labute approximate surface area is 161 Å². The maximum Gasteiger partial charge on any atom is 0.292 e. The lowest BCUT2D eigenvalue weighted by molar-refractivity contribution is -0.117. The number of fused-ring (bicyclic) bond motifs is 1. The van der Waals surface area contributed by atoms with Crippen molar-refractivity contribution >= 4 is 28.5 Å². The molecule has 7 heteroatoms. The number of para-hydroxylation sites is 1. The molecule has 1 aliphatic rings. The average Bonchev–Trinajstić information content (AvgIpc) is 3.34. The third-order valence-corrected chi connectivity index (χ3v) is 5.18. The summed E-state index contributed by atoms with van der Waals surface area (Å²) >= 11 is 0. The second-order valence-electron chi connectivity index (χ2n) is 7.02. The second-order valence-corrected chi connectivity index (χ2v) is 7.02. The molecule has 0 saturated carbocycles. The van der Waals surface area contributed by atoms with E-state index in [1.54, 1.807) is 24.0 Å². The zero-order valence-corrected chi connectivity index (χ0v) is 15.5. The van der Waals surface area contributed by atoms with Crippen LogP contribution in [-0.4, -0.2) is 46.6 Å². The Bertz CT molecular complexity index is 1030. The number of H-pyrrole nitrogens is 1. The van der Waals surface area contributed by atoms with Gasteiger partial charge in [-0.25, -0.2) is 0 Å². The number of hydrogen-bond acceptors (Lipinski definition) is 4. The lowest BCUT2D eigenvalue weighted by Gasteiger charge is -2.31. The van der Waals surface area contributed by atoms with Crippen LogP contribution in [0.4, 0.5) is 0 Å². The van der Waals surface area contributed by atoms with Crippen molar-refractivity contribution in [3.63, 3.8) is 0 Å². The molecule has 4 rings (SSSR count). The molecular weight excluding hydrogens is 358 g/mol. The quantitative estimate of drug-likeness (QED) is 0.538. The summed E-state index contributed by atoms with van der Waals surface area (Å²) < 4.78 is 5.15. The Morgan fingerprint density at radius 3 is 2.57 bits per heavy atom. The molecule has 1 aromatic carbocycles. The summed E-state index contributed by atoms with van der Waals surface area (Å²) in [7, 11) is 0. The van der Waals surface area contributed by atoms with Crippen LogP contribution in [-0.2, 0) is 4.79 Å². The van der Waals surface area contributed by atoms with Gasteiger partial charge < -0.3 is 19.6 Å². The van der Waals surface area contributed by atoms with Crippen molar-refractivity contribution in [2.45, 2.75) is 25.8 Å². The number of aryl methyl sites for hydroxylation is 1. The minimum Gasteiger partial charge on any atom is -0.459 e. The Kier molecular flexibility index (Phi) is 4.73. The molecule has 2 N–H and O–H groups in total. The van der Waals surface area contributed by atoms with Crippen LogP contribution in [0.5, 0.6) is 0 Å². The first-order chi connectivity index (χ1) is 13.5. The lowest BCUT2D eigenvalue weighted by Crippen LogP contribution is -2.48. The highest BCUT2D eigenvalue weighted by Gasteiger charge is 2.29. The van der Waals surface area contributed by atoms with Crippen LogP contribution >= 0.6 is 0 Å². The van der Waals surface area contributed by atoms with Gasteiger partial charge in [-0.2, -0.15) is 0 Å². The predicted octanol–water partition coefficient (Wildman–Crippen LogP) is 2.67. The first-order valence-electron chi connectivity index (χ1n) is 9.30. The third kappa shape index (κ3) is 3.31. The largest absolute Gasteiger partial charge is 0.459 e. The van der Waals surface area contributed by atoms with Crippen molar-refractivity contribution in [2.24, 2.45) is 0 Å². The van der Waals surface area contributed by atoms with E-state index in [9.17, 15) is 14.4 Å². The third-order valence-electron chi connectivity index (χ3n) is 5.18. The molecular formula is C21H21N3O4. The van der Waals surface area contributed by atoms with E-state index in [4.69, 9.17) is 4.42 Å². The van der Waals surface area contributed by atoms with Gasteiger partial charge in [-0.05, 0) is 38.0 Å². The fraction of sp³-hybridized carbons (Fsp3) is 0.286. The van der Waals surface area contributed by atoms with Gasteiger partial charge in [-0.15, -0.1) is 0 Å². The number of piperidine rings is 1. The highest BCUT2D eigenvalue weighted by molar-refractivity contribution is 6.45. The second kappa shape index (κ2) is 7.34. The van der Waals surface area contributed by atoms with Gasteiger partial charge >= 0.3 is 0 Å². The van der Waals surface area contributed by atoms with E-state index in [1.165, 1.54) is 6.26 Å². The van der Waals surface area contributed by atoms with E-state index in [1.807, 2.05) is 24.3 Å². The first-order valence-corrected chi connectivity index (χ1v) is 9.30. The number of hydrogen-bond donors (Lipinski definition) is 2. The summed E-state index contributed by atoms with van der Waals surface area (Å²) in [4.78, 5) is 42.4. The summed E-state index contributed by atoms with van der Waals surface area (Å²) in [5, 5.41) is 3.58. The molecule has 2 aromatic heterocycles. The van der Waals surface area contributed by atoms with Gasteiger partial charge in [0.15, 0.2) is 5.76 Å². The normalized spacial score (nSPS) is 15.0. The Morgan fingerprint density at radius 1 is 1.11 bits per heavy atom. The SMILES string of the molecule is Cc1[nH]c2ccccc2c1C(=O)C(=O)NC1CCN(C(=O)c2ccco2)CC1. The number of nitrogens with zero attached hydrogens (tertiary/aromatic N) is 1. The number of amides is 2. The zero-order valence-electron chi connectivity index (χ0n) is 15.5. The summed E-state index contributed by atoms with van der Waals surface area (Å²) in [6, 6.07) is 10.6. The highest BCUT2D eigenvalue weighted by atomic mass is 16.3. The monoisotopic (exact) mass is 379 g/mol. The summed E-state index contributed by atoms with van der Waals surface area (Å²) in [6.07, 6.45) is 2.66. The number of nitrogens with one attached hydrogen (secondary N) is 2. The molecule has 3 aromatic rings. The van der Waals surface area contributed by atoms with Gasteiger partial charge in [-0.3, -0.25) is 14.4 Å². The van der Waals surface area contributed by atoms with E-state index in [-0.39, 0.29) is 11.9 Å². The van der Waals surface area contributed by atoms with Crippen molar-refractivity contribution < 1.29 is 18.8 Å². The number of furan rings is 1. The molecule has 0 radical (unpaired) electrons. The molecule has 7 nitrogen and oxygen atoms in total. The summed E-state index contributed by atoms with van der Waals surface area (Å²) in [5.74, 6) is -0.986. The van der Waals surface area contributed by atoms with Gasteiger partial charge in [0, 0.05) is 35.7 Å². The van der Waals surface area contributed by atoms with Crippen LogP contribution in [0.2, 0.25) is 0 Å². The van der Waals surface area contributed by atoms with Crippen molar-refractivity contribution in [1.82, 2.24) is 15.2 Å². The lowest BCUT2D eigenvalue weighted by atomic mass is 10.0. The number of carbonyl (C=O) groups excluding carboxylic acids is 3. The van der Waals surface area contributed by atoms with Gasteiger partial charge in [0.2, 0.25) is 0 Å². The fourth-order valence-electron chi connectivity index (χ4n) is 3.72. The molecule has 1 saturated heterocycles. The van der Waals surface area contributed by atoms with Crippen LogP contribution in [0.15, 0.2) is 47.1 Å². The van der Waals surface area contributed by atoms with Gasteiger partial charge in [0.25, 0.3) is 17.6 Å². The van der Waals surface area contributed by atoms with E-state index < -0.39 is 11.7 Å². The number of Topliss-reactive ketones (excluding diaryl/α,β-unsaturated/α-hetero) is 1. The summed E-state index contributed by atoms with van der Waals surface area (Å²) in [5.41, 5.74) is 1.93. The number of carbonyl (C=O) groups is 3. The molecule has 3 heterocycles. The van der Waals surface area contributed by atoms with Crippen LogP contribution in [0.25, 0.3) is 10.9 Å². The molecule has 2 amide bonds. The minimum absolute atomic E-state index is 0.136. The molecule has 28 heavy (non-hydrogen) atoms. The average molecular weight is 379 g/mol. The van der Waals surface area contributed by atoms with Gasteiger partial charge in [-0.1, -0.05) is 18.2 Å². The Morgan fingerprint density at radius 2 is 1.86 bits per heavy atom. The van der Waals surface area contributed by atoms with E-state index in [0.29, 0.717) is 42.9 Å². The van der Waals surface area contributed by atoms with Crippen LogP contribution in [0.3, 0.4) is 0 Å². The standard InChI is InChI=1S/C21H21N3O4/c1-13-18(15-5-2-3-6-16(15)22-13)19(25)20(26)23-14-8-10-24(11-9-14)21(27)17-7-4-12-28-17/h2-7,12,14,22H,8-11H2,1H3,(H,23,26). The van der Waals surface area contributed by atoms with Crippen molar-refractivity contribution in [3.8, 4) is 0 Å². The maximum absolute atomic E-state index is 12.7. The molecule has 144 valence electrons. The van der Waals surface area contributed by atoms with Crippen molar-refractivity contribution in [1.29, 1.82) is 0 Å². The summed E-state index contributed by atoms with van der Waals surface area (Å²) in [6.45, 7) is 2.80. The smallest absolute Gasteiger partial charge is 0.292 e. The highest BCUT2D eigenvalue weighted by Crippen LogP contribution is 2.22. The fourth-order valence-corrected chi connectivity index (χ4v) is 3.72. The Balaban J connectivity index is 1.38. The van der Waals surface area contributed by atoms with Gasteiger partial charge in [0.1, 0.15) is 0 Å². The van der Waals surface area contributed by atoms with E-state index in [2.05, 4.69) is 10.3 Å². The maximum atomic E-state index is 12.7. The topological polar surface area (TPSA) is 95.4 Å². The molecule has 1 aliphatic heterocycles. The van der Waals surface area contributed by atoms with Crippen LogP contribution in [0.1, 0.15) is 39.4 Å². The number of benzene rings is 1. The van der Waals surface area contributed by atoms with Crippen LogP contribution < -0.4 is 5.32 Å². The van der Waals surface area contributed by atoms with E-state index >= 15 is 0 Å². The number of likely N-dealkylation sites (tertiary alicyclic amines) is 1. The predicted molar refractivity (Wildman–Crippen MR) is 103 cm³/mol. The molecule has 0 aliphatic carbocycles. The van der Waals surface area contributed by atoms with Crippen LogP contribution in [0, 0.1) is 6.92 Å². The van der Waals surface area contributed by atoms with Gasteiger partial charge in [0.05, 0.1) is 11.8 Å². The molecule has 1 fully saturated rings. The van der Waals surface area contributed by atoms with Crippen molar-refractivity contribution in [2.75, 3.05) is 13.1 Å². The first kappa shape index (κ1) is 18.0. The molecule has 0 atom stereocenters. The number of ketones is 1. The Hall–Kier alpha value is -3.35. The minimum atomic E-state index is -0.608. The number of rotatable bonds is 4. The number of aromatic amines is 1. The van der Waals surface area contributed by atoms with Crippen molar-refractivity contribution in [3.05, 3.63) is 59.7 Å². The number of aromatic nitrogens is 1. The molecule has 0 spiro atoms. The van der Waals surface area contributed by atoms with E-state index in [0.717, 1.165) is 10.9 Å². The molecule has 0 bridgehead atoms. The zero-order chi connectivity index (χ0) is 19.7.